The van der Waals surface area contributed by atoms with Gasteiger partial charge in [0.1, 0.15) is 11.7 Å². The van der Waals surface area contributed by atoms with Gasteiger partial charge in [0.2, 0.25) is 0 Å². The Balaban J connectivity index is 1.66. The zero-order valence-corrected chi connectivity index (χ0v) is 19.1. The van der Waals surface area contributed by atoms with Gasteiger partial charge in [0, 0.05) is 36.7 Å². The van der Waals surface area contributed by atoms with E-state index in [1.165, 1.54) is 11.1 Å². The summed E-state index contributed by atoms with van der Waals surface area (Å²) in [5, 5.41) is 11.5. The SMILES string of the molecule is CCO[C@@](C)(O)[C@H]1C[C@]23C=CC1(OC)[C@@H]1Oc4c(OC)ccc5c4[C@@]12CCN(C)[C@@H]3C5. The summed E-state index contributed by atoms with van der Waals surface area (Å²) < 4.78 is 24.9. The zero-order chi connectivity index (χ0) is 21.8. The van der Waals surface area contributed by atoms with Gasteiger partial charge in [0.25, 0.3) is 0 Å². The molecule has 6 aliphatic rings. The van der Waals surface area contributed by atoms with E-state index in [0.29, 0.717) is 12.6 Å². The van der Waals surface area contributed by atoms with E-state index >= 15 is 0 Å². The number of piperidine rings is 1. The summed E-state index contributed by atoms with van der Waals surface area (Å²) in [6.45, 7) is 5.17. The molecule has 4 aliphatic carbocycles. The van der Waals surface area contributed by atoms with Crippen LogP contribution in [0.5, 0.6) is 11.5 Å². The molecular formula is C25H33NO5. The number of likely N-dealkylation sites (N-methyl/N-ethyl adjacent to an activating group) is 1. The number of likely N-dealkylation sites (tertiary alicyclic amines) is 1. The molecule has 4 bridgehead atoms. The molecule has 1 saturated heterocycles. The van der Waals surface area contributed by atoms with Gasteiger partial charge < -0.3 is 29.0 Å². The molecule has 1 unspecified atom stereocenters. The number of nitrogens with zero attached hydrogens (tertiary/aromatic N) is 1. The lowest BCUT2D eigenvalue weighted by Gasteiger charge is -2.72. The third kappa shape index (κ3) is 2.00. The van der Waals surface area contributed by atoms with Gasteiger partial charge in [-0.25, -0.2) is 0 Å². The van der Waals surface area contributed by atoms with E-state index in [1.54, 1.807) is 21.1 Å². The van der Waals surface area contributed by atoms with Crippen molar-refractivity contribution >= 4 is 0 Å². The number of benzene rings is 1. The normalized spacial score (nSPS) is 43.4. The minimum atomic E-state index is -1.32. The second-order valence-corrected chi connectivity index (χ2v) is 10.2. The molecule has 0 aromatic heterocycles. The second kappa shape index (κ2) is 6.04. The molecule has 6 heteroatoms. The smallest absolute Gasteiger partial charge is 0.168 e. The summed E-state index contributed by atoms with van der Waals surface area (Å²) in [7, 11) is 5.69. The molecular weight excluding hydrogens is 394 g/mol. The fourth-order valence-corrected chi connectivity index (χ4v) is 8.21. The third-order valence-electron chi connectivity index (χ3n) is 9.36. The predicted molar refractivity (Wildman–Crippen MR) is 115 cm³/mol. The first-order valence-corrected chi connectivity index (χ1v) is 11.5. The van der Waals surface area contributed by atoms with Crippen LogP contribution in [0.4, 0.5) is 0 Å². The van der Waals surface area contributed by atoms with Gasteiger partial charge in [0.15, 0.2) is 17.3 Å². The highest BCUT2D eigenvalue weighted by Crippen LogP contribution is 2.75. The predicted octanol–water partition coefficient (Wildman–Crippen LogP) is 2.66. The molecule has 1 N–H and O–H groups in total. The van der Waals surface area contributed by atoms with E-state index in [2.05, 4.69) is 30.2 Å². The number of aliphatic hydroxyl groups is 1. The fraction of sp³-hybridized carbons (Fsp3) is 0.680. The summed E-state index contributed by atoms with van der Waals surface area (Å²) in [6.07, 6.45) is 7.13. The lowest BCUT2D eigenvalue weighted by Crippen LogP contribution is -2.80. The van der Waals surface area contributed by atoms with Crippen LogP contribution in [0.3, 0.4) is 0 Å². The molecule has 6 nitrogen and oxygen atoms in total. The quantitative estimate of drug-likeness (QED) is 0.576. The van der Waals surface area contributed by atoms with Crippen LogP contribution in [-0.2, 0) is 21.3 Å². The highest BCUT2D eigenvalue weighted by atomic mass is 16.6. The molecule has 7 atom stereocenters. The van der Waals surface area contributed by atoms with E-state index < -0.39 is 11.4 Å². The highest BCUT2D eigenvalue weighted by Gasteiger charge is 2.80. The number of rotatable bonds is 5. The van der Waals surface area contributed by atoms with Crippen molar-refractivity contribution in [1.82, 2.24) is 4.90 Å². The average molecular weight is 428 g/mol. The minimum Gasteiger partial charge on any atom is -0.493 e. The van der Waals surface area contributed by atoms with Crippen LogP contribution in [0.25, 0.3) is 0 Å². The van der Waals surface area contributed by atoms with Crippen molar-refractivity contribution in [2.24, 2.45) is 11.3 Å². The summed E-state index contributed by atoms with van der Waals surface area (Å²) in [4.78, 5) is 2.51. The van der Waals surface area contributed by atoms with Crippen molar-refractivity contribution in [2.45, 2.75) is 62.1 Å². The van der Waals surface area contributed by atoms with Crippen molar-refractivity contribution < 1.29 is 24.1 Å². The lowest BCUT2D eigenvalue weighted by atomic mass is 9.36. The maximum absolute atomic E-state index is 11.5. The highest BCUT2D eigenvalue weighted by molar-refractivity contribution is 5.65. The number of hydrogen-bond acceptors (Lipinski definition) is 6. The van der Waals surface area contributed by atoms with Crippen molar-refractivity contribution in [3.8, 4) is 11.5 Å². The molecule has 2 heterocycles. The van der Waals surface area contributed by atoms with E-state index in [9.17, 15) is 5.11 Å². The van der Waals surface area contributed by atoms with Crippen molar-refractivity contribution in [1.29, 1.82) is 0 Å². The van der Waals surface area contributed by atoms with Gasteiger partial charge in [0.05, 0.1) is 12.5 Å². The Bertz CT molecular complexity index is 975. The molecule has 168 valence electrons. The molecule has 2 spiro atoms. The first-order chi connectivity index (χ1) is 14.8. The van der Waals surface area contributed by atoms with Crippen LogP contribution >= 0.6 is 0 Å². The van der Waals surface area contributed by atoms with Crippen molar-refractivity contribution in [3.63, 3.8) is 0 Å². The summed E-state index contributed by atoms with van der Waals surface area (Å²) >= 11 is 0. The van der Waals surface area contributed by atoms with E-state index in [4.69, 9.17) is 18.9 Å². The van der Waals surface area contributed by atoms with Gasteiger partial charge in [-0.2, -0.15) is 0 Å². The Labute approximate surface area is 184 Å². The molecule has 1 saturated carbocycles. The molecule has 31 heavy (non-hydrogen) atoms. The van der Waals surface area contributed by atoms with E-state index in [1.807, 2.05) is 13.0 Å². The second-order valence-electron chi connectivity index (χ2n) is 10.2. The van der Waals surface area contributed by atoms with Gasteiger partial charge in [-0.3, -0.25) is 0 Å². The van der Waals surface area contributed by atoms with Gasteiger partial charge in [-0.1, -0.05) is 18.2 Å². The van der Waals surface area contributed by atoms with E-state index in [0.717, 1.165) is 37.3 Å². The maximum Gasteiger partial charge on any atom is 0.168 e. The number of fused-ring (bicyclic) bond motifs is 1. The monoisotopic (exact) mass is 427 g/mol. The third-order valence-corrected chi connectivity index (χ3v) is 9.36. The van der Waals surface area contributed by atoms with Crippen LogP contribution in [0.2, 0.25) is 0 Å². The Hall–Kier alpha value is -1.60. The first-order valence-electron chi connectivity index (χ1n) is 11.5. The lowest BCUT2D eigenvalue weighted by molar-refractivity contribution is -0.308. The van der Waals surface area contributed by atoms with Gasteiger partial charge in [-0.15, -0.1) is 0 Å². The topological polar surface area (TPSA) is 60.4 Å². The molecule has 2 fully saturated rings. The Morgan fingerprint density at radius 3 is 2.81 bits per heavy atom. The Morgan fingerprint density at radius 1 is 1.29 bits per heavy atom. The fourth-order valence-electron chi connectivity index (χ4n) is 8.21. The summed E-state index contributed by atoms with van der Waals surface area (Å²) in [5.74, 6) is 0.0939. The molecule has 2 aliphatic heterocycles. The van der Waals surface area contributed by atoms with Crippen LogP contribution in [0.1, 0.15) is 37.8 Å². The average Bonchev–Trinajstić information content (AvgIpc) is 3.13. The maximum atomic E-state index is 11.5. The number of hydrogen-bond donors (Lipinski definition) is 1. The molecule has 7 rings (SSSR count). The van der Waals surface area contributed by atoms with Crippen LogP contribution < -0.4 is 9.47 Å². The summed E-state index contributed by atoms with van der Waals surface area (Å²) in [6, 6.07) is 4.60. The first kappa shape index (κ1) is 20.0. The van der Waals surface area contributed by atoms with Gasteiger partial charge in [-0.05, 0) is 58.3 Å². The van der Waals surface area contributed by atoms with Gasteiger partial charge >= 0.3 is 0 Å². The molecule has 1 aromatic carbocycles. The largest absolute Gasteiger partial charge is 0.493 e. The zero-order valence-electron chi connectivity index (χ0n) is 19.1. The Morgan fingerprint density at radius 2 is 2.10 bits per heavy atom. The molecule has 0 radical (unpaired) electrons. The van der Waals surface area contributed by atoms with E-state index in [-0.39, 0.29) is 22.9 Å². The van der Waals surface area contributed by atoms with Crippen molar-refractivity contribution in [2.75, 3.05) is 34.4 Å². The number of ether oxygens (including phenoxy) is 4. The minimum absolute atomic E-state index is 0.151. The standard InChI is InChI=1S/C25H33NO5/c1-6-30-22(2,27)17-14-23-9-10-25(17,29-5)21-24(23)11-12-26(3)18(23)13-15-7-8-16(28-4)20(31-21)19(15)24/h7-10,17-18,21,27H,6,11-14H2,1-5H3/t17-,18-,21-,22-,23+,24+,25?/m1/s1. The van der Waals surface area contributed by atoms with Crippen LogP contribution in [-0.4, -0.2) is 68.0 Å². The van der Waals surface area contributed by atoms with Crippen LogP contribution in [0.15, 0.2) is 24.3 Å². The Kier molecular flexibility index (Phi) is 3.91. The van der Waals surface area contributed by atoms with Crippen molar-refractivity contribution in [3.05, 3.63) is 35.4 Å². The summed E-state index contributed by atoms with van der Waals surface area (Å²) in [5.41, 5.74) is 1.56. The number of methoxy groups -OCH3 is 2. The molecule has 1 aromatic rings. The van der Waals surface area contributed by atoms with Crippen LogP contribution in [0, 0.1) is 11.3 Å². The molecule has 0 amide bonds.